The van der Waals surface area contributed by atoms with E-state index in [4.69, 9.17) is 17.2 Å². The summed E-state index contributed by atoms with van der Waals surface area (Å²) in [6, 6.07) is 11.8. The zero-order chi connectivity index (χ0) is 19.1. The van der Waals surface area contributed by atoms with E-state index < -0.39 is 12.1 Å². The number of carbonyl (C=O) groups excluding carboxylic acids is 2. The van der Waals surface area contributed by atoms with Crippen LogP contribution in [0.15, 0.2) is 48.8 Å². The van der Waals surface area contributed by atoms with Crippen molar-refractivity contribution in [3.8, 4) is 0 Å². The molecule has 10 heteroatoms. The van der Waals surface area contributed by atoms with Gasteiger partial charge in [0.05, 0.1) is 12.8 Å². The number of nitrogen functional groups attached to an aromatic ring is 2. The molecule has 0 aliphatic rings. The molecule has 10 nitrogen and oxygen atoms in total. The molecular weight excluding hydrogens is 338 g/mol. The first-order valence-electron chi connectivity index (χ1n) is 7.29. The summed E-state index contributed by atoms with van der Waals surface area (Å²) in [4.78, 5) is 34.3. The topological polar surface area (TPSA) is 163 Å². The van der Waals surface area contributed by atoms with Crippen LogP contribution in [0.4, 0.5) is 27.2 Å². The molecule has 1 aromatic heterocycles. The van der Waals surface area contributed by atoms with Crippen molar-refractivity contribution >= 4 is 40.5 Å². The second-order valence-corrected chi connectivity index (χ2v) is 4.84. The summed E-state index contributed by atoms with van der Waals surface area (Å²) in [5.74, 6) is 0.301. The number of rotatable bonds is 1. The molecule has 0 radical (unpaired) electrons. The van der Waals surface area contributed by atoms with Gasteiger partial charge in [-0.3, -0.25) is 0 Å². The fraction of sp³-hybridized carbons (Fsp3) is 0.0625. The molecule has 3 rings (SSSR count). The molecule has 3 amide bonds. The Balaban J connectivity index is 0.000000254. The van der Waals surface area contributed by atoms with Crippen LogP contribution >= 0.6 is 0 Å². The number of hydrogen-bond donors (Lipinski definition) is 3. The number of fused-ring (bicyclic) bond motifs is 1. The number of benzene rings is 2. The second kappa shape index (κ2) is 8.24. The lowest BCUT2D eigenvalue weighted by molar-refractivity contribution is 0.179. The highest BCUT2D eigenvalue weighted by atomic mass is 16.5. The van der Waals surface area contributed by atoms with Crippen molar-refractivity contribution in [3.63, 3.8) is 0 Å². The molecule has 0 aliphatic heterocycles. The molecule has 0 aliphatic carbocycles. The van der Waals surface area contributed by atoms with Crippen molar-refractivity contribution in [3.05, 3.63) is 48.8 Å². The van der Waals surface area contributed by atoms with Gasteiger partial charge in [0.25, 0.3) is 0 Å². The van der Waals surface area contributed by atoms with Gasteiger partial charge in [-0.1, -0.05) is 36.4 Å². The molecule has 0 fully saturated rings. The number of amides is 3. The zero-order valence-electron chi connectivity index (χ0n) is 13.9. The summed E-state index contributed by atoms with van der Waals surface area (Å²) in [6.07, 6.45) is 0.455. The lowest BCUT2D eigenvalue weighted by atomic mass is 10.1. The van der Waals surface area contributed by atoms with Gasteiger partial charge in [0.1, 0.15) is 6.33 Å². The van der Waals surface area contributed by atoms with Crippen LogP contribution in [0.1, 0.15) is 0 Å². The fourth-order valence-electron chi connectivity index (χ4n) is 2.12. The Morgan fingerprint density at radius 2 is 1.62 bits per heavy atom. The van der Waals surface area contributed by atoms with Gasteiger partial charge in [-0.05, 0) is 11.5 Å². The smallest absolute Gasteiger partial charge is 0.422 e. The van der Waals surface area contributed by atoms with E-state index >= 15 is 0 Å². The molecule has 0 saturated heterocycles. The molecule has 26 heavy (non-hydrogen) atoms. The number of imide groups is 1. The SMILES string of the molecule is COC(=O)N(C(N)=O)c1cccc2ccccc12.Nc1ncnc(N)n1. The third-order valence-corrected chi connectivity index (χ3v) is 3.19. The van der Waals surface area contributed by atoms with Crippen LogP contribution in [0.3, 0.4) is 0 Å². The maximum Gasteiger partial charge on any atom is 0.422 e. The number of nitrogens with two attached hydrogens (primary N) is 3. The third kappa shape index (κ3) is 4.32. The number of primary amides is 1. The molecule has 0 spiro atoms. The van der Waals surface area contributed by atoms with E-state index in [0.29, 0.717) is 5.69 Å². The molecule has 6 N–H and O–H groups in total. The Bertz CT molecular complexity index is 910. The van der Waals surface area contributed by atoms with E-state index in [1.807, 2.05) is 30.3 Å². The Morgan fingerprint density at radius 3 is 2.15 bits per heavy atom. The maximum absolute atomic E-state index is 11.6. The van der Waals surface area contributed by atoms with Crippen molar-refractivity contribution < 1.29 is 14.3 Å². The normalized spacial score (nSPS) is 9.73. The Morgan fingerprint density at radius 1 is 1.00 bits per heavy atom. The van der Waals surface area contributed by atoms with Crippen LogP contribution in [0.25, 0.3) is 10.8 Å². The first kappa shape index (κ1) is 18.4. The predicted octanol–water partition coefficient (Wildman–Crippen LogP) is 1.53. The molecule has 0 atom stereocenters. The van der Waals surface area contributed by atoms with Crippen LogP contribution < -0.4 is 22.1 Å². The number of ether oxygens (including phenoxy) is 1. The monoisotopic (exact) mass is 355 g/mol. The fourth-order valence-corrected chi connectivity index (χ4v) is 2.12. The minimum Gasteiger partial charge on any atom is -0.452 e. The van der Waals surface area contributed by atoms with Gasteiger partial charge in [-0.15, -0.1) is 0 Å². The van der Waals surface area contributed by atoms with Crippen LogP contribution in [-0.4, -0.2) is 34.2 Å². The molecule has 0 unspecified atom stereocenters. The van der Waals surface area contributed by atoms with Crippen LogP contribution in [0, 0.1) is 0 Å². The highest BCUT2D eigenvalue weighted by Crippen LogP contribution is 2.27. The molecule has 2 aromatic carbocycles. The van der Waals surface area contributed by atoms with Crippen molar-refractivity contribution in [1.29, 1.82) is 0 Å². The zero-order valence-corrected chi connectivity index (χ0v) is 13.9. The summed E-state index contributed by atoms with van der Waals surface area (Å²) >= 11 is 0. The van der Waals surface area contributed by atoms with Crippen LogP contribution in [0.2, 0.25) is 0 Å². The van der Waals surface area contributed by atoms with E-state index in [-0.39, 0.29) is 11.9 Å². The molecule has 0 bridgehead atoms. The minimum absolute atomic E-state index is 0.150. The van der Waals surface area contributed by atoms with Gasteiger partial charge in [0.15, 0.2) is 0 Å². The highest BCUT2D eigenvalue weighted by molar-refractivity contribution is 6.15. The first-order valence-corrected chi connectivity index (χ1v) is 7.29. The van der Waals surface area contributed by atoms with Crippen LogP contribution in [0.5, 0.6) is 0 Å². The van der Waals surface area contributed by atoms with E-state index in [1.54, 1.807) is 12.1 Å². The average Bonchev–Trinajstić information content (AvgIpc) is 2.62. The number of anilines is 3. The van der Waals surface area contributed by atoms with Crippen molar-refractivity contribution in [2.45, 2.75) is 0 Å². The largest absolute Gasteiger partial charge is 0.452 e. The lowest BCUT2D eigenvalue weighted by Gasteiger charge is -2.18. The first-order chi connectivity index (χ1) is 12.4. The third-order valence-electron chi connectivity index (χ3n) is 3.19. The van der Waals surface area contributed by atoms with E-state index in [9.17, 15) is 9.59 Å². The summed E-state index contributed by atoms with van der Waals surface area (Å²) < 4.78 is 4.56. The Hall–Kier alpha value is -3.95. The number of carbonyl (C=O) groups is 2. The molecule has 0 saturated carbocycles. The van der Waals surface area contributed by atoms with Crippen molar-refractivity contribution in [2.75, 3.05) is 23.5 Å². The number of nitrogens with zero attached hydrogens (tertiary/aromatic N) is 4. The van der Waals surface area contributed by atoms with Gasteiger partial charge in [-0.25, -0.2) is 19.6 Å². The second-order valence-electron chi connectivity index (χ2n) is 4.84. The number of hydrogen-bond acceptors (Lipinski definition) is 8. The minimum atomic E-state index is -0.877. The summed E-state index contributed by atoms with van der Waals surface area (Å²) in [5, 5.41) is 1.66. The Kier molecular flexibility index (Phi) is 5.83. The van der Waals surface area contributed by atoms with Gasteiger partial charge >= 0.3 is 12.1 Å². The lowest BCUT2D eigenvalue weighted by Crippen LogP contribution is -2.40. The van der Waals surface area contributed by atoms with Gasteiger partial charge in [0, 0.05) is 5.39 Å². The van der Waals surface area contributed by atoms with Crippen molar-refractivity contribution in [2.24, 2.45) is 5.73 Å². The number of methoxy groups -OCH3 is 1. The Labute approximate surface area is 148 Å². The standard InChI is InChI=1S/C13H12N2O3.C3H5N5/c1-18-13(17)15(12(14)16)11-8-4-6-9-5-2-3-7-10(9)11;4-2-6-1-7-3(5)8-2/h2-8H,1H3,(H2,14,16);1H,(H4,4,5,6,7,8). The average molecular weight is 355 g/mol. The predicted molar refractivity (Wildman–Crippen MR) is 97.1 cm³/mol. The quantitative estimate of drug-likeness (QED) is 0.591. The van der Waals surface area contributed by atoms with E-state index in [0.717, 1.165) is 15.7 Å². The van der Waals surface area contributed by atoms with Gasteiger partial charge in [0.2, 0.25) is 11.9 Å². The molecule has 134 valence electrons. The van der Waals surface area contributed by atoms with E-state index in [2.05, 4.69) is 19.7 Å². The number of aromatic nitrogens is 3. The van der Waals surface area contributed by atoms with Gasteiger partial charge in [-0.2, -0.15) is 9.88 Å². The summed E-state index contributed by atoms with van der Waals surface area (Å²) in [6.45, 7) is 0. The molecular formula is C16H17N7O3. The van der Waals surface area contributed by atoms with E-state index in [1.165, 1.54) is 13.4 Å². The maximum atomic E-state index is 11.6. The highest BCUT2D eigenvalue weighted by Gasteiger charge is 2.23. The summed E-state index contributed by atoms with van der Waals surface area (Å²) in [7, 11) is 1.20. The van der Waals surface area contributed by atoms with Gasteiger partial charge < -0.3 is 21.9 Å². The van der Waals surface area contributed by atoms with Crippen molar-refractivity contribution in [1.82, 2.24) is 15.0 Å². The number of urea groups is 1. The molecule has 1 heterocycles. The summed E-state index contributed by atoms with van der Waals surface area (Å²) in [5.41, 5.74) is 15.9. The van der Waals surface area contributed by atoms with Crippen LogP contribution in [-0.2, 0) is 4.74 Å². The molecule has 3 aromatic rings.